The van der Waals surface area contributed by atoms with Crippen molar-refractivity contribution in [2.24, 2.45) is 23.7 Å². The van der Waals surface area contributed by atoms with Crippen LogP contribution in [0.5, 0.6) is 0 Å². The van der Waals surface area contributed by atoms with Crippen molar-refractivity contribution in [1.82, 2.24) is 0 Å². The number of hydrogen-bond acceptors (Lipinski definition) is 0. The lowest BCUT2D eigenvalue weighted by molar-refractivity contribution is 0.166. The molecule has 2 aliphatic carbocycles. The van der Waals surface area contributed by atoms with E-state index in [1.807, 2.05) is 0 Å². The highest BCUT2D eigenvalue weighted by molar-refractivity contribution is 4.94. The minimum atomic E-state index is 0.898. The Morgan fingerprint density at radius 2 is 0.950 bits per heavy atom. The Morgan fingerprint density at radius 3 is 1.25 bits per heavy atom. The van der Waals surface area contributed by atoms with Crippen molar-refractivity contribution in [3.05, 3.63) is 24.3 Å². The molecule has 114 valence electrons. The highest BCUT2D eigenvalue weighted by atomic mass is 14.3. The SMILES string of the molecule is CC/C=C/C1CCC(C2CCC(/C=C/CC)CC2)CC1. The Labute approximate surface area is 126 Å². The van der Waals surface area contributed by atoms with Crippen LogP contribution in [0.15, 0.2) is 24.3 Å². The highest BCUT2D eigenvalue weighted by Crippen LogP contribution is 2.41. The first-order chi connectivity index (χ1) is 9.83. The predicted octanol–water partition coefficient (Wildman–Crippen LogP) is 6.53. The van der Waals surface area contributed by atoms with Crippen LogP contribution in [0.4, 0.5) is 0 Å². The van der Waals surface area contributed by atoms with Crippen molar-refractivity contribution < 1.29 is 0 Å². The third-order valence-corrected chi connectivity index (χ3v) is 5.59. The van der Waals surface area contributed by atoms with Gasteiger partial charge in [-0.2, -0.15) is 0 Å². The van der Waals surface area contributed by atoms with Crippen molar-refractivity contribution >= 4 is 0 Å². The molecule has 0 atom stereocenters. The molecule has 0 unspecified atom stereocenters. The van der Waals surface area contributed by atoms with Gasteiger partial charge in [0, 0.05) is 0 Å². The van der Waals surface area contributed by atoms with Crippen molar-refractivity contribution in [2.45, 2.75) is 78.1 Å². The van der Waals surface area contributed by atoms with Gasteiger partial charge in [0.05, 0.1) is 0 Å². The second-order valence-corrected chi connectivity index (χ2v) is 7.02. The molecule has 2 saturated carbocycles. The van der Waals surface area contributed by atoms with Crippen LogP contribution in [0.3, 0.4) is 0 Å². The van der Waals surface area contributed by atoms with E-state index >= 15 is 0 Å². The average Bonchev–Trinajstić information content (AvgIpc) is 2.52. The minimum Gasteiger partial charge on any atom is -0.0885 e. The molecular formula is C20H34. The maximum Gasteiger partial charge on any atom is -0.0233 e. The summed E-state index contributed by atoms with van der Waals surface area (Å²) in [4.78, 5) is 0. The smallest absolute Gasteiger partial charge is 0.0233 e. The zero-order valence-corrected chi connectivity index (χ0v) is 13.7. The molecule has 0 nitrogen and oxygen atoms in total. The topological polar surface area (TPSA) is 0 Å². The normalized spacial score (nSPS) is 35.9. The molecule has 2 fully saturated rings. The Bertz CT molecular complexity index is 264. The quantitative estimate of drug-likeness (QED) is 0.500. The molecule has 20 heavy (non-hydrogen) atoms. The van der Waals surface area contributed by atoms with Gasteiger partial charge in [-0.3, -0.25) is 0 Å². The van der Waals surface area contributed by atoms with Crippen LogP contribution in [0.1, 0.15) is 78.1 Å². The Balaban J connectivity index is 1.70. The molecule has 0 spiro atoms. The summed E-state index contributed by atoms with van der Waals surface area (Å²) in [7, 11) is 0. The van der Waals surface area contributed by atoms with Gasteiger partial charge in [0.15, 0.2) is 0 Å². The van der Waals surface area contributed by atoms with Gasteiger partial charge < -0.3 is 0 Å². The fourth-order valence-electron chi connectivity index (χ4n) is 4.27. The van der Waals surface area contributed by atoms with E-state index < -0.39 is 0 Å². The van der Waals surface area contributed by atoms with E-state index in [4.69, 9.17) is 0 Å². The number of rotatable bonds is 5. The van der Waals surface area contributed by atoms with E-state index in [1.54, 1.807) is 0 Å². The molecule has 0 radical (unpaired) electrons. The van der Waals surface area contributed by atoms with E-state index in [9.17, 15) is 0 Å². The summed E-state index contributed by atoms with van der Waals surface area (Å²) in [6.45, 7) is 4.49. The molecule has 0 aromatic carbocycles. The number of hydrogen-bond donors (Lipinski definition) is 0. The lowest BCUT2D eigenvalue weighted by Gasteiger charge is -2.37. The Hall–Kier alpha value is -0.520. The van der Waals surface area contributed by atoms with Gasteiger partial charge in [0.1, 0.15) is 0 Å². The largest absolute Gasteiger partial charge is 0.0885 e. The van der Waals surface area contributed by atoms with E-state index in [2.05, 4.69) is 38.2 Å². The molecule has 0 aliphatic heterocycles. The molecule has 0 aromatic rings. The van der Waals surface area contributed by atoms with E-state index in [0.29, 0.717) is 0 Å². The summed E-state index contributed by atoms with van der Waals surface area (Å²) in [6, 6.07) is 0. The first kappa shape index (κ1) is 15.9. The van der Waals surface area contributed by atoms with Gasteiger partial charge in [0.2, 0.25) is 0 Å². The molecule has 0 heteroatoms. The zero-order chi connectivity index (χ0) is 14.2. The lowest BCUT2D eigenvalue weighted by atomic mass is 9.69. The Morgan fingerprint density at radius 1 is 0.600 bits per heavy atom. The van der Waals surface area contributed by atoms with E-state index in [1.165, 1.54) is 64.2 Å². The fourth-order valence-corrected chi connectivity index (χ4v) is 4.27. The van der Waals surface area contributed by atoms with Gasteiger partial charge in [-0.15, -0.1) is 0 Å². The van der Waals surface area contributed by atoms with Gasteiger partial charge in [-0.1, -0.05) is 38.2 Å². The molecule has 0 amide bonds. The molecular weight excluding hydrogens is 240 g/mol. The molecule has 0 heterocycles. The summed E-state index contributed by atoms with van der Waals surface area (Å²) in [6.07, 6.45) is 23.9. The summed E-state index contributed by atoms with van der Waals surface area (Å²) < 4.78 is 0. The summed E-state index contributed by atoms with van der Waals surface area (Å²) in [5.74, 6) is 3.90. The van der Waals surface area contributed by atoms with Crippen LogP contribution in [0.25, 0.3) is 0 Å². The summed E-state index contributed by atoms with van der Waals surface area (Å²) >= 11 is 0. The molecule has 0 aromatic heterocycles. The van der Waals surface area contributed by atoms with Crippen LogP contribution in [0.2, 0.25) is 0 Å². The van der Waals surface area contributed by atoms with Crippen molar-refractivity contribution in [3.63, 3.8) is 0 Å². The molecule has 0 saturated heterocycles. The summed E-state index contributed by atoms with van der Waals surface area (Å²) in [5.41, 5.74) is 0. The average molecular weight is 274 g/mol. The minimum absolute atomic E-state index is 0.898. The molecule has 0 bridgehead atoms. The van der Waals surface area contributed by atoms with Gasteiger partial charge >= 0.3 is 0 Å². The number of allylic oxidation sites excluding steroid dienone is 4. The predicted molar refractivity (Wildman–Crippen MR) is 89.8 cm³/mol. The molecule has 0 N–H and O–H groups in total. The van der Waals surface area contributed by atoms with Crippen molar-refractivity contribution in [1.29, 1.82) is 0 Å². The molecule has 2 aliphatic rings. The van der Waals surface area contributed by atoms with Gasteiger partial charge in [-0.25, -0.2) is 0 Å². The fraction of sp³-hybridized carbons (Fsp3) is 0.800. The maximum atomic E-state index is 2.49. The summed E-state index contributed by atoms with van der Waals surface area (Å²) in [5, 5.41) is 0. The highest BCUT2D eigenvalue weighted by Gasteiger charge is 2.29. The van der Waals surface area contributed by atoms with Gasteiger partial charge in [-0.05, 0) is 87.9 Å². The lowest BCUT2D eigenvalue weighted by Crippen LogP contribution is -2.25. The second-order valence-electron chi connectivity index (χ2n) is 7.02. The zero-order valence-electron chi connectivity index (χ0n) is 13.7. The van der Waals surface area contributed by atoms with Crippen LogP contribution < -0.4 is 0 Å². The van der Waals surface area contributed by atoms with Crippen LogP contribution >= 0.6 is 0 Å². The van der Waals surface area contributed by atoms with Crippen molar-refractivity contribution in [2.75, 3.05) is 0 Å². The van der Waals surface area contributed by atoms with E-state index in [-0.39, 0.29) is 0 Å². The van der Waals surface area contributed by atoms with E-state index in [0.717, 1.165) is 23.7 Å². The molecule has 2 rings (SSSR count). The third kappa shape index (κ3) is 4.79. The maximum absolute atomic E-state index is 2.49. The van der Waals surface area contributed by atoms with Gasteiger partial charge in [0.25, 0.3) is 0 Å². The Kier molecular flexibility index (Phi) is 6.90. The van der Waals surface area contributed by atoms with Crippen LogP contribution in [0, 0.1) is 23.7 Å². The first-order valence-corrected chi connectivity index (χ1v) is 9.16. The monoisotopic (exact) mass is 274 g/mol. The third-order valence-electron chi connectivity index (χ3n) is 5.59. The first-order valence-electron chi connectivity index (χ1n) is 9.16. The second kappa shape index (κ2) is 8.70. The standard InChI is InChI=1S/C20H34/c1-3-5-7-17-9-13-19(14-10-17)20-15-11-18(12-16-20)8-6-4-2/h5-8,17-20H,3-4,9-16H2,1-2H3/b7-5+,8-6+. The van der Waals surface area contributed by atoms with Crippen LogP contribution in [-0.2, 0) is 0 Å². The van der Waals surface area contributed by atoms with Crippen LogP contribution in [-0.4, -0.2) is 0 Å². The van der Waals surface area contributed by atoms with Crippen molar-refractivity contribution in [3.8, 4) is 0 Å².